The molecule has 1 aromatic heterocycles. The van der Waals surface area contributed by atoms with Gasteiger partial charge < -0.3 is 10.3 Å². The molecule has 0 aliphatic carbocycles. The molecule has 2 N–H and O–H groups in total. The van der Waals surface area contributed by atoms with E-state index in [4.69, 9.17) is 0 Å². The van der Waals surface area contributed by atoms with Gasteiger partial charge in [0.2, 0.25) is 0 Å². The zero-order chi connectivity index (χ0) is 17.6. The maximum atomic E-state index is 12.4. The van der Waals surface area contributed by atoms with E-state index >= 15 is 0 Å². The molecule has 3 aromatic rings. The van der Waals surface area contributed by atoms with Gasteiger partial charge in [-0.3, -0.25) is 9.59 Å². The van der Waals surface area contributed by atoms with Crippen LogP contribution in [0.15, 0.2) is 71.7 Å². The molecule has 2 aromatic carbocycles. The van der Waals surface area contributed by atoms with E-state index in [2.05, 4.69) is 15.3 Å². The number of aryl methyl sites for hydroxylation is 1. The van der Waals surface area contributed by atoms with Crippen molar-refractivity contribution in [3.8, 4) is 0 Å². The first-order valence-corrected chi connectivity index (χ1v) is 8.09. The van der Waals surface area contributed by atoms with E-state index in [1.165, 1.54) is 6.20 Å². The summed E-state index contributed by atoms with van der Waals surface area (Å²) in [7, 11) is 0. The largest absolute Gasteiger partial charge is 0.351 e. The number of carbonyl (C=O) groups excluding carboxylic acids is 1. The smallest absolute Gasteiger partial charge is 0.263 e. The summed E-state index contributed by atoms with van der Waals surface area (Å²) in [5, 5.41) is 2.86. The fourth-order valence-electron chi connectivity index (χ4n) is 2.73. The van der Waals surface area contributed by atoms with Gasteiger partial charge in [-0.2, -0.15) is 0 Å². The number of aromatic amines is 1. The number of hydrogen-bond acceptors (Lipinski definition) is 3. The van der Waals surface area contributed by atoms with Crippen LogP contribution in [0, 0.1) is 6.92 Å². The Morgan fingerprint density at radius 3 is 2.12 bits per heavy atom. The van der Waals surface area contributed by atoms with Gasteiger partial charge in [-0.25, -0.2) is 4.98 Å². The Bertz CT molecular complexity index is 865. The minimum atomic E-state index is -0.430. The summed E-state index contributed by atoms with van der Waals surface area (Å²) in [6.45, 7) is 2.06. The number of benzene rings is 2. The molecule has 0 saturated heterocycles. The van der Waals surface area contributed by atoms with Gasteiger partial charge in [0, 0.05) is 18.7 Å². The second kappa shape index (κ2) is 7.57. The van der Waals surface area contributed by atoms with Crippen molar-refractivity contribution in [1.29, 1.82) is 0 Å². The van der Waals surface area contributed by atoms with Crippen molar-refractivity contribution in [3.63, 3.8) is 0 Å². The highest BCUT2D eigenvalue weighted by Crippen LogP contribution is 2.23. The maximum absolute atomic E-state index is 12.4. The monoisotopic (exact) mass is 333 g/mol. The van der Waals surface area contributed by atoms with Crippen LogP contribution in [0.1, 0.15) is 33.2 Å². The lowest BCUT2D eigenvalue weighted by Crippen LogP contribution is -2.33. The highest BCUT2D eigenvalue weighted by atomic mass is 16.2. The minimum Gasteiger partial charge on any atom is -0.351 e. The number of amides is 1. The molecule has 5 heteroatoms. The third-order valence-corrected chi connectivity index (χ3v) is 4.04. The number of carbonyl (C=O) groups is 1. The van der Waals surface area contributed by atoms with Crippen LogP contribution in [0.2, 0.25) is 0 Å². The Hall–Kier alpha value is -3.21. The highest BCUT2D eigenvalue weighted by Gasteiger charge is 2.17. The third kappa shape index (κ3) is 4.01. The van der Waals surface area contributed by atoms with Crippen molar-refractivity contribution < 1.29 is 4.79 Å². The van der Waals surface area contributed by atoms with Crippen LogP contribution in [-0.4, -0.2) is 22.4 Å². The second-order valence-electron chi connectivity index (χ2n) is 5.80. The first-order chi connectivity index (χ1) is 12.1. The predicted molar refractivity (Wildman–Crippen MR) is 96.7 cm³/mol. The molecular formula is C20H19N3O2. The van der Waals surface area contributed by atoms with Crippen molar-refractivity contribution in [2.24, 2.45) is 0 Å². The van der Waals surface area contributed by atoms with Gasteiger partial charge in [-0.15, -0.1) is 0 Å². The molecule has 0 spiro atoms. The van der Waals surface area contributed by atoms with Crippen LogP contribution in [0.4, 0.5) is 0 Å². The van der Waals surface area contributed by atoms with E-state index < -0.39 is 11.5 Å². The Morgan fingerprint density at radius 2 is 1.60 bits per heavy atom. The lowest BCUT2D eigenvalue weighted by Gasteiger charge is -2.18. The first-order valence-electron chi connectivity index (χ1n) is 8.09. The Morgan fingerprint density at radius 1 is 1.04 bits per heavy atom. The maximum Gasteiger partial charge on any atom is 0.263 e. The standard InChI is InChI=1S/C20H19N3O2/c1-14-21-13-18(20(25)23-14)19(24)22-12-17(15-8-4-2-5-9-15)16-10-6-3-7-11-16/h2-11,13,17H,12H2,1H3,(H,22,24)(H,21,23,25). The predicted octanol–water partition coefficient (Wildman–Crippen LogP) is 2.64. The van der Waals surface area contributed by atoms with Crippen LogP contribution in [0.25, 0.3) is 0 Å². The third-order valence-electron chi connectivity index (χ3n) is 4.04. The van der Waals surface area contributed by atoms with E-state index in [0.717, 1.165) is 11.1 Å². The number of H-pyrrole nitrogens is 1. The fourth-order valence-corrected chi connectivity index (χ4v) is 2.73. The zero-order valence-electron chi connectivity index (χ0n) is 13.9. The van der Waals surface area contributed by atoms with Gasteiger partial charge in [0.25, 0.3) is 11.5 Å². The Labute approximate surface area is 145 Å². The fraction of sp³-hybridized carbons (Fsp3) is 0.150. The second-order valence-corrected chi connectivity index (χ2v) is 5.80. The van der Waals surface area contributed by atoms with Crippen molar-refractivity contribution in [3.05, 3.63) is 99.7 Å². The average Bonchev–Trinajstić information content (AvgIpc) is 2.63. The lowest BCUT2D eigenvalue weighted by molar-refractivity contribution is 0.0950. The van der Waals surface area contributed by atoms with Crippen molar-refractivity contribution in [1.82, 2.24) is 15.3 Å². The summed E-state index contributed by atoms with van der Waals surface area (Å²) in [5.74, 6) is 0.0578. The average molecular weight is 333 g/mol. The van der Waals surface area contributed by atoms with Crippen molar-refractivity contribution in [2.75, 3.05) is 6.54 Å². The SMILES string of the molecule is Cc1ncc(C(=O)NCC(c2ccccc2)c2ccccc2)c(=O)[nH]1. The van der Waals surface area contributed by atoms with Crippen molar-refractivity contribution in [2.45, 2.75) is 12.8 Å². The molecule has 0 atom stereocenters. The topological polar surface area (TPSA) is 74.8 Å². The quantitative estimate of drug-likeness (QED) is 0.754. The molecule has 25 heavy (non-hydrogen) atoms. The van der Waals surface area contributed by atoms with E-state index in [9.17, 15) is 9.59 Å². The normalized spacial score (nSPS) is 10.6. The molecule has 0 saturated carbocycles. The summed E-state index contributed by atoms with van der Waals surface area (Å²) >= 11 is 0. The molecule has 126 valence electrons. The molecule has 0 aliphatic rings. The number of nitrogens with one attached hydrogen (secondary N) is 2. The lowest BCUT2D eigenvalue weighted by atomic mass is 9.91. The van der Waals surface area contributed by atoms with E-state index in [-0.39, 0.29) is 11.5 Å². The number of rotatable bonds is 5. The summed E-state index contributed by atoms with van der Waals surface area (Å²) in [6.07, 6.45) is 1.31. The molecule has 0 bridgehead atoms. The van der Waals surface area contributed by atoms with Gasteiger partial charge in [-0.05, 0) is 18.1 Å². The minimum absolute atomic E-state index is 0.00355. The number of hydrogen-bond donors (Lipinski definition) is 2. The van der Waals surface area contributed by atoms with Crippen LogP contribution >= 0.6 is 0 Å². The Kier molecular flexibility index (Phi) is 5.04. The van der Waals surface area contributed by atoms with E-state index in [1.807, 2.05) is 60.7 Å². The van der Waals surface area contributed by atoms with E-state index in [0.29, 0.717) is 12.4 Å². The van der Waals surface area contributed by atoms with E-state index in [1.54, 1.807) is 6.92 Å². The Balaban J connectivity index is 1.82. The summed E-state index contributed by atoms with van der Waals surface area (Å²) in [4.78, 5) is 30.8. The van der Waals surface area contributed by atoms with Crippen LogP contribution in [0.5, 0.6) is 0 Å². The zero-order valence-corrected chi connectivity index (χ0v) is 13.9. The molecule has 0 unspecified atom stereocenters. The molecule has 1 heterocycles. The van der Waals surface area contributed by atoms with Gasteiger partial charge >= 0.3 is 0 Å². The molecule has 5 nitrogen and oxygen atoms in total. The van der Waals surface area contributed by atoms with Gasteiger partial charge in [0.15, 0.2) is 0 Å². The van der Waals surface area contributed by atoms with Gasteiger partial charge in [0.05, 0.1) is 0 Å². The molecule has 1 amide bonds. The van der Waals surface area contributed by atoms with Crippen molar-refractivity contribution >= 4 is 5.91 Å². The highest BCUT2D eigenvalue weighted by molar-refractivity contribution is 5.93. The molecule has 0 radical (unpaired) electrons. The summed E-state index contributed by atoms with van der Waals surface area (Å²) in [6, 6.07) is 19.9. The van der Waals surface area contributed by atoms with Crippen LogP contribution in [-0.2, 0) is 0 Å². The van der Waals surface area contributed by atoms with Gasteiger partial charge in [-0.1, -0.05) is 60.7 Å². The molecule has 0 aliphatic heterocycles. The summed E-state index contributed by atoms with van der Waals surface area (Å²) in [5.41, 5.74) is 1.79. The molecule has 0 fully saturated rings. The number of nitrogens with zero attached hydrogens (tertiary/aromatic N) is 1. The van der Waals surface area contributed by atoms with Crippen LogP contribution in [0.3, 0.4) is 0 Å². The molecule has 3 rings (SSSR count). The molecular weight excluding hydrogens is 314 g/mol. The number of aromatic nitrogens is 2. The summed E-state index contributed by atoms with van der Waals surface area (Å²) < 4.78 is 0. The van der Waals surface area contributed by atoms with Crippen LogP contribution < -0.4 is 10.9 Å². The first kappa shape index (κ1) is 16.6. The van der Waals surface area contributed by atoms with Gasteiger partial charge in [0.1, 0.15) is 11.4 Å².